The highest BCUT2D eigenvalue weighted by Crippen LogP contribution is 2.29. The number of benzene rings is 1. The topological polar surface area (TPSA) is 47.1 Å². The number of para-hydroxylation sites is 2. The van der Waals surface area contributed by atoms with Crippen molar-refractivity contribution in [1.29, 1.82) is 0 Å². The molecular formula is C16H24N4. The molecule has 2 heterocycles. The van der Waals surface area contributed by atoms with E-state index < -0.39 is 0 Å². The van der Waals surface area contributed by atoms with E-state index in [-0.39, 0.29) is 0 Å². The Bertz CT molecular complexity index is 569. The van der Waals surface area contributed by atoms with Crippen LogP contribution in [0.4, 0.5) is 0 Å². The molecule has 2 N–H and O–H groups in total. The smallest absolute Gasteiger partial charge is 0.127 e. The molecule has 4 nitrogen and oxygen atoms in total. The van der Waals surface area contributed by atoms with Gasteiger partial charge in [0.05, 0.1) is 17.1 Å². The molecule has 1 fully saturated rings. The van der Waals surface area contributed by atoms with Crippen molar-refractivity contribution in [1.82, 2.24) is 14.5 Å². The number of imidazole rings is 1. The molecule has 1 aliphatic heterocycles. The molecule has 0 amide bonds. The second-order valence-electron chi connectivity index (χ2n) is 5.57. The van der Waals surface area contributed by atoms with E-state index in [1.807, 2.05) is 0 Å². The van der Waals surface area contributed by atoms with Crippen molar-refractivity contribution in [2.75, 3.05) is 19.6 Å². The van der Waals surface area contributed by atoms with E-state index in [1.54, 1.807) is 0 Å². The molecule has 0 aliphatic carbocycles. The highest BCUT2D eigenvalue weighted by Gasteiger charge is 2.26. The van der Waals surface area contributed by atoms with Gasteiger partial charge in [-0.3, -0.25) is 4.90 Å². The number of aromatic nitrogens is 2. The first-order chi connectivity index (χ1) is 9.85. The predicted molar refractivity (Wildman–Crippen MR) is 82.6 cm³/mol. The summed E-state index contributed by atoms with van der Waals surface area (Å²) in [7, 11) is 0. The maximum absolute atomic E-state index is 5.81. The zero-order chi connectivity index (χ0) is 13.9. The molecule has 1 saturated heterocycles. The Morgan fingerprint density at radius 1 is 1.25 bits per heavy atom. The molecule has 1 aromatic heterocycles. The second kappa shape index (κ2) is 5.94. The monoisotopic (exact) mass is 272 g/mol. The molecule has 0 bridgehead atoms. The highest BCUT2D eigenvalue weighted by molar-refractivity contribution is 5.76. The van der Waals surface area contributed by atoms with Crippen LogP contribution in [0.5, 0.6) is 0 Å². The van der Waals surface area contributed by atoms with Gasteiger partial charge < -0.3 is 10.3 Å². The normalized spacial score (nSPS) is 17.9. The van der Waals surface area contributed by atoms with Crippen molar-refractivity contribution >= 4 is 11.0 Å². The van der Waals surface area contributed by atoms with E-state index in [4.69, 9.17) is 10.7 Å². The highest BCUT2D eigenvalue weighted by atomic mass is 15.2. The summed E-state index contributed by atoms with van der Waals surface area (Å²) in [5.41, 5.74) is 8.12. The molecule has 4 heteroatoms. The average molecular weight is 272 g/mol. The first kappa shape index (κ1) is 13.6. The van der Waals surface area contributed by atoms with Gasteiger partial charge in [0.1, 0.15) is 5.82 Å². The molecule has 108 valence electrons. The van der Waals surface area contributed by atoms with Gasteiger partial charge in [0.15, 0.2) is 0 Å². The van der Waals surface area contributed by atoms with Crippen molar-refractivity contribution < 1.29 is 0 Å². The average Bonchev–Trinajstić information content (AvgIpc) is 3.10. The maximum atomic E-state index is 5.81. The van der Waals surface area contributed by atoms with Crippen LogP contribution in [0.25, 0.3) is 11.0 Å². The molecule has 0 saturated carbocycles. The van der Waals surface area contributed by atoms with Crippen LogP contribution in [0, 0.1) is 0 Å². The van der Waals surface area contributed by atoms with Gasteiger partial charge >= 0.3 is 0 Å². The van der Waals surface area contributed by atoms with Crippen LogP contribution in [-0.2, 0) is 6.54 Å². The Morgan fingerprint density at radius 3 is 2.70 bits per heavy atom. The van der Waals surface area contributed by atoms with E-state index >= 15 is 0 Å². The van der Waals surface area contributed by atoms with Crippen molar-refractivity contribution in [3.8, 4) is 0 Å². The van der Waals surface area contributed by atoms with E-state index in [0.717, 1.165) is 18.5 Å². The summed E-state index contributed by atoms with van der Waals surface area (Å²) in [6.07, 6.45) is 3.73. The van der Waals surface area contributed by atoms with Gasteiger partial charge in [0.2, 0.25) is 0 Å². The summed E-state index contributed by atoms with van der Waals surface area (Å²) < 4.78 is 2.32. The Balaban J connectivity index is 2.05. The standard InChI is InChI=1S/C16H24N4/c1-2-14(19-10-5-6-11-19)16-18-13-7-3-4-8-15(13)20(16)12-9-17/h3-4,7-8,14H,2,5-6,9-12,17H2,1H3. The Labute approximate surface area is 120 Å². The third kappa shape index (κ3) is 2.34. The quantitative estimate of drug-likeness (QED) is 0.910. The van der Waals surface area contributed by atoms with Gasteiger partial charge in [-0.25, -0.2) is 4.98 Å². The van der Waals surface area contributed by atoms with E-state index in [1.165, 1.54) is 37.3 Å². The minimum atomic E-state index is 0.427. The molecule has 3 rings (SSSR count). The first-order valence-electron chi connectivity index (χ1n) is 7.74. The molecule has 1 aliphatic rings. The van der Waals surface area contributed by atoms with Gasteiger partial charge in [0, 0.05) is 13.1 Å². The zero-order valence-electron chi connectivity index (χ0n) is 12.3. The van der Waals surface area contributed by atoms with Crippen LogP contribution in [0.3, 0.4) is 0 Å². The molecule has 1 aromatic carbocycles. The van der Waals surface area contributed by atoms with Crippen LogP contribution in [0.2, 0.25) is 0 Å². The number of nitrogens with zero attached hydrogens (tertiary/aromatic N) is 3. The summed E-state index contributed by atoms with van der Waals surface area (Å²) in [6.45, 7) is 6.16. The lowest BCUT2D eigenvalue weighted by Crippen LogP contribution is -2.28. The Hall–Kier alpha value is -1.39. The third-order valence-corrected chi connectivity index (χ3v) is 4.30. The third-order valence-electron chi connectivity index (χ3n) is 4.30. The van der Waals surface area contributed by atoms with Gasteiger partial charge in [-0.15, -0.1) is 0 Å². The number of nitrogens with two attached hydrogens (primary N) is 1. The number of likely N-dealkylation sites (tertiary alicyclic amines) is 1. The fourth-order valence-electron chi connectivity index (χ4n) is 3.37. The Kier molecular flexibility index (Phi) is 4.03. The number of fused-ring (bicyclic) bond motifs is 1. The van der Waals surface area contributed by atoms with Gasteiger partial charge in [0.25, 0.3) is 0 Å². The van der Waals surface area contributed by atoms with Crippen LogP contribution >= 0.6 is 0 Å². The van der Waals surface area contributed by atoms with Gasteiger partial charge in [-0.05, 0) is 44.5 Å². The van der Waals surface area contributed by atoms with E-state index in [0.29, 0.717) is 12.6 Å². The van der Waals surface area contributed by atoms with Crippen molar-refractivity contribution in [3.05, 3.63) is 30.1 Å². The summed E-state index contributed by atoms with van der Waals surface area (Å²) in [5.74, 6) is 1.20. The lowest BCUT2D eigenvalue weighted by atomic mass is 10.2. The predicted octanol–water partition coefficient (Wildman–Crippen LogP) is 2.54. The Morgan fingerprint density at radius 2 is 2.00 bits per heavy atom. The summed E-state index contributed by atoms with van der Waals surface area (Å²) in [4.78, 5) is 7.49. The van der Waals surface area contributed by atoms with Gasteiger partial charge in [-0.1, -0.05) is 19.1 Å². The maximum Gasteiger partial charge on any atom is 0.127 e. The van der Waals surface area contributed by atoms with Gasteiger partial charge in [-0.2, -0.15) is 0 Å². The molecule has 0 spiro atoms. The number of hydrogen-bond acceptors (Lipinski definition) is 3. The summed E-state index contributed by atoms with van der Waals surface area (Å²) >= 11 is 0. The fraction of sp³-hybridized carbons (Fsp3) is 0.562. The lowest BCUT2D eigenvalue weighted by molar-refractivity contribution is 0.225. The molecule has 2 aromatic rings. The van der Waals surface area contributed by atoms with Crippen LogP contribution in [0.1, 0.15) is 38.1 Å². The molecule has 20 heavy (non-hydrogen) atoms. The fourth-order valence-corrected chi connectivity index (χ4v) is 3.37. The van der Waals surface area contributed by atoms with E-state index in [9.17, 15) is 0 Å². The van der Waals surface area contributed by atoms with Crippen LogP contribution < -0.4 is 5.73 Å². The van der Waals surface area contributed by atoms with Crippen molar-refractivity contribution in [2.24, 2.45) is 5.73 Å². The van der Waals surface area contributed by atoms with Crippen molar-refractivity contribution in [3.63, 3.8) is 0 Å². The molecular weight excluding hydrogens is 248 g/mol. The zero-order valence-corrected chi connectivity index (χ0v) is 12.3. The largest absolute Gasteiger partial charge is 0.329 e. The lowest BCUT2D eigenvalue weighted by Gasteiger charge is -2.26. The van der Waals surface area contributed by atoms with E-state index in [2.05, 4.69) is 40.7 Å². The first-order valence-corrected chi connectivity index (χ1v) is 7.74. The molecule has 1 unspecified atom stereocenters. The number of hydrogen-bond donors (Lipinski definition) is 1. The minimum absolute atomic E-state index is 0.427. The SMILES string of the molecule is CCC(c1nc2ccccc2n1CCN)N1CCCC1. The minimum Gasteiger partial charge on any atom is -0.329 e. The summed E-state index contributed by atoms with van der Waals surface area (Å²) in [6, 6.07) is 8.82. The second-order valence-corrected chi connectivity index (χ2v) is 5.57. The molecule has 1 atom stereocenters. The van der Waals surface area contributed by atoms with Crippen LogP contribution in [-0.4, -0.2) is 34.1 Å². The van der Waals surface area contributed by atoms with Crippen LogP contribution in [0.15, 0.2) is 24.3 Å². The summed E-state index contributed by atoms with van der Waals surface area (Å²) in [5, 5.41) is 0. The molecule has 0 radical (unpaired) electrons. The van der Waals surface area contributed by atoms with Crippen molar-refractivity contribution in [2.45, 2.75) is 38.8 Å². The number of rotatable bonds is 5.